The monoisotopic (exact) mass is 244 g/mol. The van der Waals surface area contributed by atoms with E-state index in [0.29, 0.717) is 6.04 Å². The number of nitrogens with zero attached hydrogens (tertiary/aromatic N) is 1. The summed E-state index contributed by atoms with van der Waals surface area (Å²) in [6, 6.07) is 0.616. The standard InChI is InChI=1S/C13H28N2S/c1-15(9-10-16-2)13(11-14)12-7-5-3-4-6-8-12/h12-13H,3-11,14H2,1-2H3. The molecule has 1 unspecified atom stereocenters. The zero-order valence-electron chi connectivity index (χ0n) is 11.0. The van der Waals surface area contributed by atoms with E-state index < -0.39 is 0 Å². The van der Waals surface area contributed by atoms with E-state index >= 15 is 0 Å². The van der Waals surface area contributed by atoms with Crippen molar-refractivity contribution >= 4 is 11.8 Å². The van der Waals surface area contributed by atoms with E-state index in [-0.39, 0.29) is 0 Å². The maximum atomic E-state index is 5.98. The summed E-state index contributed by atoms with van der Waals surface area (Å²) in [6.45, 7) is 2.01. The topological polar surface area (TPSA) is 29.3 Å². The van der Waals surface area contributed by atoms with Crippen molar-refractivity contribution in [2.75, 3.05) is 32.1 Å². The molecule has 0 radical (unpaired) electrons. The largest absolute Gasteiger partial charge is 0.329 e. The van der Waals surface area contributed by atoms with Crippen LogP contribution in [0.1, 0.15) is 38.5 Å². The third kappa shape index (κ3) is 4.64. The van der Waals surface area contributed by atoms with E-state index in [1.165, 1.54) is 50.8 Å². The Kier molecular flexibility index (Phi) is 7.50. The van der Waals surface area contributed by atoms with Gasteiger partial charge in [-0.2, -0.15) is 11.8 Å². The Morgan fingerprint density at radius 3 is 2.38 bits per heavy atom. The van der Waals surface area contributed by atoms with Gasteiger partial charge in [-0.25, -0.2) is 0 Å². The van der Waals surface area contributed by atoms with Gasteiger partial charge in [-0.3, -0.25) is 0 Å². The lowest BCUT2D eigenvalue weighted by Crippen LogP contribution is -2.44. The van der Waals surface area contributed by atoms with Crippen LogP contribution in [-0.2, 0) is 0 Å². The quantitative estimate of drug-likeness (QED) is 0.728. The molecule has 0 spiro atoms. The highest BCUT2D eigenvalue weighted by Gasteiger charge is 2.24. The molecule has 2 N–H and O–H groups in total. The number of hydrogen-bond acceptors (Lipinski definition) is 3. The van der Waals surface area contributed by atoms with Crippen LogP contribution >= 0.6 is 11.8 Å². The molecule has 2 nitrogen and oxygen atoms in total. The maximum absolute atomic E-state index is 5.98. The molecular formula is C13H28N2S. The van der Waals surface area contributed by atoms with E-state index in [0.717, 1.165) is 12.5 Å². The highest BCUT2D eigenvalue weighted by Crippen LogP contribution is 2.27. The molecule has 96 valence electrons. The Hall–Kier alpha value is 0.270. The van der Waals surface area contributed by atoms with Crippen molar-refractivity contribution in [3.63, 3.8) is 0 Å². The zero-order valence-corrected chi connectivity index (χ0v) is 11.8. The van der Waals surface area contributed by atoms with E-state index in [1.807, 2.05) is 11.8 Å². The molecule has 0 aliphatic heterocycles. The zero-order chi connectivity index (χ0) is 11.8. The summed E-state index contributed by atoms with van der Waals surface area (Å²) in [6.07, 6.45) is 10.7. The van der Waals surface area contributed by atoms with Crippen molar-refractivity contribution < 1.29 is 0 Å². The molecule has 0 saturated heterocycles. The molecule has 16 heavy (non-hydrogen) atoms. The normalized spacial score (nSPS) is 21.0. The Balaban J connectivity index is 2.43. The maximum Gasteiger partial charge on any atom is 0.0243 e. The average molecular weight is 244 g/mol. The van der Waals surface area contributed by atoms with Gasteiger partial charge in [0.2, 0.25) is 0 Å². The summed E-state index contributed by atoms with van der Waals surface area (Å²) >= 11 is 1.93. The molecule has 0 amide bonds. The lowest BCUT2D eigenvalue weighted by atomic mass is 9.91. The Labute approximate surface area is 105 Å². The second-order valence-corrected chi connectivity index (χ2v) is 6.01. The first kappa shape index (κ1) is 14.3. The van der Waals surface area contributed by atoms with Gasteiger partial charge in [-0.15, -0.1) is 0 Å². The van der Waals surface area contributed by atoms with Crippen molar-refractivity contribution in [2.24, 2.45) is 11.7 Å². The van der Waals surface area contributed by atoms with Crippen LogP contribution in [0.4, 0.5) is 0 Å². The second kappa shape index (κ2) is 8.37. The van der Waals surface area contributed by atoms with Crippen LogP contribution in [0.3, 0.4) is 0 Å². The number of nitrogens with two attached hydrogens (primary N) is 1. The van der Waals surface area contributed by atoms with Gasteiger partial charge in [0, 0.05) is 24.9 Å². The number of thioether (sulfide) groups is 1. The van der Waals surface area contributed by atoms with Gasteiger partial charge in [0.05, 0.1) is 0 Å². The molecule has 1 saturated carbocycles. The molecule has 0 aromatic rings. The molecule has 1 atom stereocenters. The molecule has 3 heteroatoms. The van der Waals surface area contributed by atoms with Gasteiger partial charge in [-0.1, -0.05) is 25.7 Å². The van der Waals surface area contributed by atoms with Crippen molar-refractivity contribution in [1.29, 1.82) is 0 Å². The van der Waals surface area contributed by atoms with Crippen LogP contribution in [0.25, 0.3) is 0 Å². The first-order valence-corrected chi connectivity index (χ1v) is 8.08. The van der Waals surface area contributed by atoms with Crippen molar-refractivity contribution in [3.05, 3.63) is 0 Å². The van der Waals surface area contributed by atoms with Crippen molar-refractivity contribution in [3.8, 4) is 0 Å². The fraction of sp³-hybridized carbons (Fsp3) is 1.00. The van der Waals surface area contributed by atoms with Crippen LogP contribution in [0.5, 0.6) is 0 Å². The minimum absolute atomic E-state index is 0.616. The summed E-state index contributed by atoms with van der Waals surface area (Å²) in [5.74, 6) is 2.07. The minimum atomic E-state index is 0.616. The van der Waals surface area contributed by atoms with Gasteiger partial charge in [0.1, 0.15) is 0 Å². The predicted octanol–water partition coefficient (Wildman–Crippen LogP) is 2.58. The molecule has 1 rings (SSSR count). The molecule has 0 heterocycles. The Morgan fingerprint density at radius 1 is 1.25 bits per heavy atom. The molecule has 1 aliphatic carbocycles. The summed E-state index contributed by atoms with van der Waals surface area (Å²) in [7, 11) is 2.25. The molecule has 1 aliphatic rings. The number of likely N-dealkylation sites (N-methyl/N-ethyl adjacent to an activating group) is 1. The first-order valence-electron chi connectivity index (χ1n) is 6.68. The van der Waals surface area contributed by atoms with Gasteiger partial charge < -0.3 is 10.6 Å². The Morgan fingerprint density at radius 2 is 1.88 bits per heavy atom. The SMILES string of the molecule is CSCCN(C)C(CN)C1CCCCCC1. The summed E-state index contributed by atoms with van der Waals surface area (Å²) in [5.41, 5.74) is 5.98. The third-order valence-corrected chi connectivity index (χ3v) is 4.49. The summed E-state index contributed by atoms with van der Waals surface area (Å²) < 4.78 is 0. The lowest BCUT2D eigenvalue weighted by molar-refractivity contribution is 0.175. The van der Waals surface area contributed by atoms with Crippen LogP contribution in [0, 0.1) is 5.92 Å². The smallest absolute Gasteiger partial charge is 0.0243 e. The number of rotatable bonds is 6. The fourth-order valence-electron chi connectivity index (χ4n) is 2.83. The predicted molar refractivity (Wildman–Crippen MR) is 75.0 cm³/mol. The highest BCUT2D eigenvalue weighted by molar-refractivity contribution is 7.98. The van der Waals surface area contributed by atoms with Crippen molar-refractivity contribution in [1.82, 2.24) is 4.90 Å². The van der Waals surface area contributed by atoms with Gasteiger partial charge in [0.25, 0.3) is 0 Å². The van der Waals surface area contributed by atoms with Gasteiger partial charge >= 0.3 is 0 Å². The van der Waals surface area contributed by atoms with Gasteiger partial charge in [0.15, 0.2) is 0 Å². The molecule has 0 bridgehead atoms. The summed E-state index contributed by atoms with van der Waals surface area (Å²) in [4.78, 5) is 2.49. The van der Waals surface area contributed by atoms with Crippen LogP contribution < -0.4 is 5.73 Å². The highest BCUT2D eigenvalue weighted by atomic mass is 32.2. The van der Waals surface area contributed by atoms with E-state index in [9.17, 15) is 0 Å². The lowest BCUT2D eigenvalue weighted by Gasteiger charge is -2.33. The minimum Gasteiger partial charge on any atom is -0.329 e. The first-order chi connectivity index (χ1) is 7.79. The third-order valence-electron chi connectivity index (χ3n) is 3.90. The Bertz CT molecular complexity index is 167. The van der Waals surface area contributed by atoms with Crippen LogP contribution in [0.2, 0.25) is 0 Å². The van der Waals surface area contributed by atoms with E-state index in [2.05, 4.69) is 18.2 Å². The second-order valence-electron chi connectivity index (χ2n) is 5.03. The van der Waals surface area contributed by atoms with Crippen LogP contribution in [-0.4, -0.2) is 43.1 Å². The average Bonchev–Trinajstić information content (AvgIpc) is 2.56. The molecule has 1 fully saturated rings. The van der Waals surface area contributed by atoms with Crippen molar-refractivity contribution in [2.45, 2.75) is 44.6 Å². The fourth-order valence-corrected chi connectivity index (χ4v) is 3.30. The molecule has 0 aromatic carbocycles. The number of hydrogen-bond donors (Lipinski definition) is 1. The van der Waals surface area contributed by atoms with E-state index in [4.69, 9.17) is 5.73 Å². The summed E-state index contributed by atoms with van der Waals surface area (Å²) in [5, 5.41) is 0. The van der Waals surface area contributed by atoms with Gasteiger partial charge in [-0.05, 0) is 32.1 Å². The molecular weight excluding hydrogens is 216 g/mol. The van der Waals surface area contributed by atoms with Crippen LogP contribution in [0.15, 0.2) is 0 Å². The van der Waals surface area contributed by atoms with E-state index in [1.54, 1.807) is 0 Å². The molecule has 0 aromatic heterocycles.